The summed E-state index contributed by atoms with van der Waals surface area (Å²) in [4.78, 5) is 23.4. The first-order valence-corrected chi connectivity index (χ1v) is 11.2. The molecule has 0 saturated carbocycles. The summed E-state index contributed by atoms with van der Waals surface area (Å²) in [6.45, 7) is 4.03. The molecule has 1 aliphatic rings. The van der Waals surface area contributed by atoms with Crippen molar-refractivity contribution in [3.63, 3.8) is 0 Å². The fraction of sp³-hybridized carbons (Fsp3) is 0.240. The highest BCUT2D eigenvalue weighted by molar-refractivity contribution is 6.33. The third-order valence-electron chi connectivity index (χ3n) is 5.66. The highest BCUT2D eigenvalue weighted by Gasteiger charge is 2.16. The van der Waals surface area contributed by atoms with Crippen molar-refractivity contribution >= 4 is 46.2 Å². The standard InChI is InChI=1S/C25H27ClN6O/c1-4-16-15-32(3)12-11-17-9-10-18(13-20(16)17)29-25-28-14-21(26)23(31-25)30-22-8-6-5-7-19(22)24(33)27-2/h4-10,13-14H,11-12,15H2,1-3H3,(H,27,33)(H2,28,29,30,31)/b16-4+. The van der Waals surface area contributed by atoms with E-state index >= 15 is 0 Å². The summed E-state index contributed by atoms with van der Waals surface area (Å²) in [7, 11) is 3.74. The summed E-state index contributed by atoms with van der Waals surface area (Å²) >= 11 is 6.35. The van der Waals surface area contributed by atoms with Gasteiger partial charge < -0.3 is 20.9 Å². The second kappa shape index (κ2) is 10.0. The van der Waals surface area contributed by atoms with Crippen LogP contribution in [0.4, 0.5) is 23.1 Å². The van der Waals surface area contributed by atoms with Gasteiger partial charge in [-0.1, -0.05) is 35.9 Å². The fourth-order valence-electron chi connectivity index (χ4n) is 3.88. The number of nitrogens with zero attached hydrogens (tertiary/aromatic N) is 3. The molecule has 7 nitrogen and oxygen atoms in total. The Hall–Kier alpha value is -3.42. The van der Waals surface area contributed by atoms with Crippen LogP contribution < -0.4 is 16.0 Å². The van der Waals surface area contributed by atoms with Crippen LogP contribution in [0, 0.1) is 0 Å². The van der Waals surface area contributed by atoms with Gasteiger partial charge in [0.25, 0.3) is 5.91 Å². The lowest BCUT2D eigenvalue weighted by atomic mass is 9.98. The van der Waals surface area contributed by atoms with Gasteiger partial charge in [-0.15, -0.1) is 0 Å². The number of aromatic nitrogens is 2. The lowest BCUT2D eigenvalue weighted by Gasteiger charge is -2.15. The van der Waals surface area contributed by atoms with Crippen molar-refractivity contribution < 1.29 is 4.79 Å². The van der Waals surface area contributed by atoms with Gasteiger partial charge >= 0.3 is 0 Å². The van der Waals surface area contributed by atoms with Gasteiger partial charge in [-0.2, -0.15) is 4.98 Å². The third-order valence-corrected chi connectivity index (χ3v) is 5.94. The smallest absolute Gasteiger partial charge is 0.253 e. The SMILES string of the molecule is C/C=C1\CN(C)CCc2ccc(Nc3ncc(Cl)c(Nc4ccccc4C(=O)NC)n3)cc21. The maximum atomic E-state index is 12.2. The molecule has 3 N–H and O–H groups in total. The number of fused-ring (bicyclic) bond motifs is 1. The number of amides is 1. The van der Waals surface area contributed by atoms with Crippen LogP contribution in [0.5, 0.6) is 0 Å². The van der Waals surface area contributed by atoms with E-state index in [1.165, 1.54) is 22.9 Å². The Morgan fingerprint density at radius 3 is 2.79 bits per heavy atom. The van der Waals surface area contributed by atoms with Crippen LogP contribution in [0.2, 0.25) is 5.02 Å². The molecule has 0 aliphatic carbocycles. The van der Waals surface area contributed by atoms with E-state index in [0.717, 1.165) is 25.2 Å². The Morgan fingerprint density at radius 1 is 1.18 bits per heavy atom. The fourth-order valence-corrected chi connectivity index (χ4v) is 4.02. The lowest BCUT2D eigenvalue weighted by Crippen LogP contribution is -2.20. The molecular formula is C25H27ClN6O. The summed E-state index contributed by atoms with van der Waals surface area (Å²) in [5.41, 5.74) is 5.89. The quantitative estimate of drug-likeness (QED) is 0.502. The average Bonchev–Trinajstić information content (AvgIpc) is 2.99. The summed E-state index contributed by atoms with van der Waals surface area (Å²) in [5.74, 6) is 0.625. The van der Waals surface area contributed by atoms with Gasteiger partial charge in [0.15, 0.2) is 5.82 Å². The predicted molar refractivity (Wildman–Crippen MR) is 135 cm³/mol. The molecule has 2 heterocycles. The molecule has 0 unspecified atom stereocenters. The first kappa shape index (κ1) is 22.8. The van der Waals surface area contributed by atoms with Crippen molar-refractivity contribution in [3.8, 4) is 0 Å². The molecule has 1 amide bonds. The number of hydrogen-bond donors (Lipinski definition) is 3. The minimum absolute atomic E-state index is 0.197. The minimum atomic E-state index is -0.197. The molecule has 1 aliphatic heterocycles. The zero-order valence-corrected chi connectivity index (χ0v) is 19.7. The second-order valence-electron chi connectivity index (χ2n) is 7.94. The van der Waals surface area contributed by atoms with E-state index in [1.807, 2.05) is 12.1 Å². The van der Waals surface area contributed by atoms with Crippen LogP contribution in [0.15, 0.2) is 54.7 Å². The number of benzene rings is 2. The van der Waals surface area contributed by atoms with Crippen LogP contribution in [0.3, 0.4) is 0 Å². The van der Waals surface area contributed by atoms with Gasteiger partial charge in [0.1, 0.15) is 5.02 Å². The molecule has 0 fully saturated rings. The van der Waals surface area contributed by atoms with Crippen LogP contribution in [0.25, 0.3) is 5.57 Å². The van der Waals surface area contributed by atoms with Gasteiger partial charge in [0.05, 0.1) is 17.4 Å². The van der Waals surface area contributed by atoms with E-state index in [4.69, 9.17) is 11.6 Å². The van der Waals surface area contributed by atoms with Gasteiger partial charge in [-0.05, 0) is 61.4 Å². The molecule has 0 atom stereocenters. The predicted octanol–water partition coefficient (Wildman–Crippen LogP) is 4.87. The van der Waals surface area contributed by atoms with Crippen molar-refractivity contribution in [1.29, 1.82) is 0 Å². The molecule has 1 aromatic heterocycles. The average molecular weight is 463 g/mol. The van der Waals surface area contributed by atoms with E-state index in [9.17, 15) is 4.79 Å². The van der Waals surface area contributed by atoms with Crippen LogP contribution in [-0.4, -0.2) is 48.0 Å². The number of carbonyl (C=O) groups excluding carboxylic acids is 1. The summed E-state index contributed by atoms with van der Waals surface area (Å²) in [5, 5.41) is 9.45. The van der Waals surface area contributed by atoms with Crippen molar-refractivity contribution in [2.24, 2.45) is 0 Å². The van der Waals surface area contributed by atoms with Gasteiger partial charge in [-0.3, -0.25) is 4.79 Å². The lowest BCUT2D eigenvalue weighted by molar-refractivity contribution is 0.0964. The summed E-state index contributed by atoms with van der Waals surface area (Å²) < 4.78 is 0. The zero-order valence-electron chi connectivity index (χ0n) is 18.9. The molecule has 3 aromatic rings. The number of likely N-dealkylation sites (N-methyl/N-ethyl adjacent to an activating group) is 1. The number of nitrogens with one attached hydrogen (secondary N) is 3. The molecule has 0 bridgehead atoms. The van der Waals surface area contributed by atoms with E-state index in [-0.39, 0.29) is 5.91 Å². The molecule has 170 valence electrons. The van der Waals surface area contributed by atoms with Crippen molar-refractivity contribution in [1.82, 2.24) is 20.2 Å². The molecule has 0 spiro atoms. The second-order valence-corrected chi connectivity index (χ2v) is 8.35. The maximum Gasteiger partial charge on any atom is 0.253 e. The van der Waals surface area contributed by atoms with Crippen molar-refractivity contribution in [2.75, 3.05) is 37.8 Å². The molecular weight excluding hydrogens is 436 g/mol. The maximum absolute atomic E-state index is 12.2. The molecule has 8 heteroatoms. The number of halogens is 1. The Bertz CT molecular complexity index is 1210. The zero-order chi connectivity index (χ0) is 23.4. The monoisotopic (exact) mass is 462 g/mol. The number of carbonyl (C=O) groups is 1. The normalized spacial score (nSPS) is 15.0. The number of hydrogen-bond acceptors (Lipinski definition) is 6. The molecule has 0 saturated heterocycles. The molecule has 0 radical (unpaired) electrons. The van der Waals surface area contributed by atoms with Crippen LogP contribution in [-0.2, 0) is 6.42 Å². The van der Waals surface area contributed by atoms with Gasteiger partial charge in [-0.25, -0.2) is 4.98 Å². The highest BCUT2D eigenvalue weighted by atomic mass is 35.5. The summed E-state index contributed by atoms with van der Waals surface area (Å²) in [6.07, 6.45) is 4.73. The Balaban J connectivity index is 1.61. The Morgan fingerprint density at radius 2 is 2.00 bits per heavy atom. The van der Waals surface area contributed by atoms with Crippen molar-refractivity contribution in [2.45, 2.75) is 13.3 Å². The molecule has 33 heavy (non-hydrogen) atoms. The number of para-hydroxylation sites is 1. The first-order chi connectivity index (χ1) is 16.0. The topological polar surface area (TPSA) is 82.2 Å². The van der Waals surface area contributed by atoms with E-state index in [0.29, 0.717) is 28.0 Å². The first-order valence-electron chi connectivity index (χ1n) is 10.8. The van der Waals surface area contributed by atoms with E-state index < -0.39 is 0 Å². The van der Waals surface area contributed by atoms with E-state index in [1.54, 1.807) is 25.2 Å². The number of allylic oxidation sites excluding steroid dienone is 1. The highest BCUT2D eigenvalue weighted by Crippen LogP contribution is 2.30. The van der Waals surface area contributed by atoms with Crippen LogP contribution in [0.1, 0.15) is 28.4 Å². The Labute approximate surface area is 198 Å². The molecule has 2 aromatic carbocycles. The minimum Gasteiger partial charge on any atom is -0.355 e. The largest absolute Gasteiger partial charge is 0.355 e. The Kier molecular flexibility index (Phi) is 6.91. The number of anilines is 4. The van der Waals surface area contributed by atoms with E-state index in [2.05, 4.69) is 63.0 Å². The molecule has 4 rings (SSSR count). The van der Waals surface area contributed by atoms with Gasteiger partial charge in [0.2, 0.25) is 5.95 Å². The van der Waals surface area contributed by atoms with Crippen LogP contribution >= 0.6 is 11.6 Å². The van der Waals surface area contributed by atoms with Crippen molar-refractivity contribution in [3.05, 3.63) is 76.5 Å². The third kappa shape index (κ3) is 5.16. The summed E-state index contributed by atoms with van der Waals surface area (Å²) in [6, 6.07) is 13.5. The number of rotatable bonds is 5. The van der Waals surface area contributed by atoms with Gasteiger partial charge in [0, 0.05) is 25.8 Å².